The number of carbonyl (C=O) groups is 1. The molecule has 2 unspecified atom stereocenters. The lowest BCUT2D eigenvalue weighted by Crippen LogP contribution is -3.00. The average molecular weight is 688 g/mol. The number of quaternary nitrogens is 1. The van der Waals surface area contributed by atoms with E-state index in [1.54, 1.807) is 0 Å². The van der Waals surface area contributed by atoms with E-state index in [2.05, 4.69) is 75.7 Å². The van der Waals surface area contributed by atoms with Crippen LogP contribution in [0.25, 0.3) is 0 Å². The maximum absolute atomic E-state index is 12.8. The highest BCUT2D eigenvalue weighted by Crippen LogP contribution is 2.75. The first kappa shape index (κ1) is 35.3. The minimum Gasteiger partial charge on any atom is -1.00 e. The van der Waals surface area contributed by atoms with Gasteiger partial charge in [0.05, 0.1) is 39.3 Å². The van der Waals surface area contributed by atoms with Crippen LogP contribution in [0, 0.1) is 50.2 Å². The summed E-state index contributed by atoms with van der Waals surface area (Å²) in [5, 5.41) is 29.8. The number of hydrogen-bond acceptors (Lipinski definition) is 3. The van der Waals surface area contributed by atoms with E-state index in [0.717, 1.165) is 62.4 Å². The van der Waals surface area contributed by atoms with E-state index in [0.29, 0.717) is 11.8 Å². The van der Waals surface area contributed by atoms with Gasteiger partial charge in [-0.15, -0.1) is 0 Å². The molecule has 0 aromatic carbocycles. The number of halogens is 1. The van der Waals surface area contributed by atoms with Crippen LogP contribution in [0.2, 0.25) is 0 Å². The second-order valence-electron chi connectivity index (χ2n) is 17.8. The number of fused-ring (bicyclic) bond motifs is 7. The van der Waals surface area contributed by atoms with Crippen molar-refractivity contribution >= 4 is 5.97 Å². The maximum Gasteiger partial charge on any atom is 0.310 e. The van der Waals surface area contributed by atoms with Gasteiger partial charge in [-0.1, -0.05) is 60.1 Å². The molecule has 8 atom stereocenters. The third kappa shape index (κ3) is 5.60. The van der Waals surface area contributed by atoms with Crippen LogP contribution in [-0.2, 0) is 4.79 Å². The smallest absolute Gasteiger partial charge is 0.310 e. The molecule has 0 aromatic heterocycles. The van der Waals surface area contributed by atoms with Crippen LogP contribution < -0.4 is 24.0 Å². The van der Waals surface area contributed by atoms with Crippen molar-refractivity contribution < 1.29 is 48.6 Å². The maximum atomic E-state index is 12.8. The van der Waals surface area contributed by atoms with Gasteiger partial charge in [0.15, 0.2) is 0 Å². The highest BCUT2D eigenvalue weighted by molar-refractivity contribution is 5.76. The Morgan fingerprint density at radius 3 is 2.05 bits per heavy atom. The first-order valence-corrected chi connectivity index (χ1v) is 16.2. The number of aliphatic carboxylic acids is 1. The molecule has 5 rings (SSSR count). The van der Waals surface area contributed by atoms with Crippen molar-refractivity contribution in [1.29, 1.82) is 0 Å². The summed E-state index contributed by atoms with van der Waals surface area (Å²) in [7, 11) is 6.16. The highest BCUT2D eigenvalue weighted by Gasteiger charge is 2.69. The molecule has 5 nitrogen and oxygen atoms in total. The Hall–Kier alpha value is -0.180. The molecule has 6 heteroatoms. The molecule has 0 radical (unpaired) electrons. The average Bonchev–Trinajstić information content (AvgIpc) is 2.81. The molecule has 0 saturated heterocycles. The first-order chi connectivity index (χ1) is 18.2. The zero-order valence-electron chi connectivity index (χ0n) is 27.9. The van der Waals surface area contributed by atoms with E-state index in [9.17, 15) is 15.0 Å². The van der Waals surface area contributed by atoms with Gasteiger partial charge in [-0.25, -0.2) is 0 Å². The quantitative estimate of drug-likeness (QED) is 0.239. The molecule has 0 heterocycles. The fourth-order valence-electron chi connectivity index (χ4n) is 10.9. The molecule has 3 N–H and O–H groups in total. The van der Waals surface area contributed by atoms with Gasteiger partial charge >= 0.3 is 5.97 Å². The predicted molar refractivity (Wildman–Crippen MR) is 163 cm³/mol. The van der Waals surface area contributed by atoms with Crippen molar-refractivity contribution in [1.82, 2.24) is 0 Å². The van der Waals surface area contributed by atoms with Crippen LogP contribution in [0.4, 0.5) is 0 Å². The Morgan fingerprint density at radius 1 is 0.902 bits per heavy atom. The van der Waals surface area contributed by atoms with Gasteiger partial charge in [-0.2, -0.15) is 0 Å². The van der Waals surface area contributed by atoms with Crippen LogP contribution in [-0.4, -0.2) is 66.2 Å². The van der Waals surface area contributed by atoms with E-state index in [1.807, 2.05) is 0 Å². The van der Waals surface area contributed by atoms with Crippen molar-refractivity contribution in [3.63, 3.8) is 0 Å². The van der Waals surface area contributed by atoms with Crippen molar-refractivity contribution in [3.05, 3.63) is 11.6 Å². The summed E-state index contributed by atoms with van der Waals surface area (Å²) in [5.41, 5.74) is 1.68. The summed E-state index contributed by atoms with van der Waals surface area (Å²) in [6.45, 7) is 18.1. The number of nitrogens with zero attached hydrogens (tertiary/aromatic N) is 1. The number of hydrogen-bond donors (Lipinski definition) is 3. The van der Waals surface area contributed by atoms with Gasteiger partial charge in [-0.3, -0.25) is 4.79 Å². The summed E-state index contributed by atoms with van der Waals surface area (Å²) in [6, 6.07) is 0. The third-order valence-electron chi connectivity index (χ3n) is 13.8. The summed E-state index contributed by atoms with van der Waals surface area (Å²) in [4.78, 5) is 12.8. The molecule has 0 aliphatic heterocycles. The largest absolute Gasteiger partial charge is 1.00 e. The molecule has 0 bridgehead atoms. The topological polar surface area (TPSA) is 77.8 Å². The van der Waals surface area contributed by atoms with E-state index in [-0.39, 0.29) is 69.7 Å². The SMILES string of the molecule is CC1(C)CC[C@]2(C(=O)O)CC[C@]3(C)C(=CCC4[C@@]5(C)CC[C@H](O)C(C)(C)C5CC[C@]43C)[C@H]2C1.C[N+](C)(C)CCO.[I-]. The Kier molecular flexibility index (Phi) is 9.74. The van der Waals surface area contributed by atoms with Gasteiger partial charge in [0, 0.05) is 0 Å². The first-order valence-electron chi connectivity index (χ1n) is 16.2. The minimum absolute atomic E-state index is 0. The summed E-state index contributed by atoms with van der Waals surface area (Å²) >= 11 is 0. The van der Waals surface area contributed by atoms with Gasteiger partial charge in [0.25, 0.3) is 0 Å². The molecule has 5 aliphatic carbocycles. The fourth-order valence-corrected chi connectivity index (χ4v) is 10.9. The zero-order valence-corrected chi connectivity index (χ0v) is 30.1. The predicted octanol–water partition coefficient (Wildman–Crippen LogP) is 3.92. The molecule has 4 saturated carbocycles. The number of aliphatic hydroxyl groups is 2. The number of carboxylic acid groups (broad SMARTS) is 1. The van der Waals surface area contributed by atoms with Crippen molar-refractivity contribution in [2.45, 2.75) is 119 Å². The monoisotopic (exact) mass is 687 g/mol. The Bertz CT molecular complexity index is 1020. The van der Waals surface area contributed by atoms with E-state index < -0.39 is 11.4 Å². The van der Waals surface area contributed by atoms with E-state index in [1.165, 1.54) is 18.4 Å². The minimum atomic E-state index is -0.553. The number of carboxylic acids is 1. The van der Waals surface area contributed by atoms with E-state index in [4.69, 9.17) is 5.11 Å². The number of allylic oxidation sites excluding steroid dienone is 2. The van der Waals surface area contributed by atoms with Gasteiger partial charge in [0.1, 0.15) is 6.54 Å². The molecule has 0 spiro atoms. The van der Waals surface area contributed by atoms with Crippen molar-refractivity contribution in [2.24, 2.45) is 50.2 Å². The summed E-state index contributed by atoms with van der Waals surface area (Å²) < 4.78 is 0.844. The number of aliphatic hydroxyl groups excluding tert-OH is 2. The molecule has 0 amide bonds. The second-order valence-corrected chi connectivity index (χ2v) is 17.8. The third-order valence-corrected chi connectivity index (χ3v) is 13.8. The summed E-state index contributed by atoms with van der Waals surface area (Å²) in [5.74, 6) is 0.807. The molecule has 4 fully saturated rings. The lowest BCUT2D eigenvalue weighted by atomic mass is 9.33. The summed E-state index contributed by atoms with van der Waals surface area (Å²) in [6.07, 6.45) is 12.6. The van der Waals surface area contributed by atoms with Crippen LogP contribution >= 0.6 is 0 Å². The lowest BCUT2D eigenvalue weighted by molar-refractivity contribution is -0.870. The normalized spacial score (nSPS) is 44.2. The van der Waals surface area contributed by atoms with Gasteiger partial charge < -0.3 is 43.8 Å². The van der Waals surface area contributed by atoms with Gasteiger partial charge in [0.2, 0.25) is 0 Å². The molecule has 0 aromatic rings. The van der Waals surface area contributed by atoms with E-state index >= 15 is 0 Å². The highest BCUT2D eigenvalue weighted by atomic mass is 127. The van der Waals surface area contributed by atoms with Crippen LogP contribution in [0.1, 0.15) is 113 Å². The molecule has 5 aliphatic rings. The van der Waals surface area contributed by atoms with Crippen LogP contribution in [0.5, 0.6) is 0 Å². The Balaban J connectivity index is 0.000000516. The van der Waals surface area contributed by atoms with Crippen molar-refractivity contribution in [2.75, 3.05) is 34.3 Å². The molecular weight excluding hydrogens is 625 g/mol. The Morgan fingerprint density at radius 2 is 1.51 bits per heavy atom. The molecular formula is C35H62INO4. The second kappa shape index (κ2) is 11.3. The fraction of sp³-hybridized carbons (Fsp3) is 0.914. The molecule has 238 valence electrons. The van der Waals surface area contributed by atoms with Crippen LogP contribution in [0.3, 0.4) is 0 Å². The number of rotatable bonds is 3. The van der Waals surface area contributed by atoms with Crippen molar-refractivity contribution in [3.8, 4) is 0 Å². The standard InChI is InChI=1S/C30H48O3.C5H14NO.HI/c1-25(2)14-16-30(24(32)33)17-15-28(6)19(20(30)18-25)8-9-22-27(5)12-11-23(31)26(3,4)21(27)10-13-29(22,28)7;1-6(2,3)4-5-7;/h8,20-23,31H,9-18H2,1-7H3,(H,32,33);7H,4-5H2,1-3H3;1H/q;+1;/p-1/t20-,21?,22?,23+,27+,28-,29-,30+;;/m1../s1. The van der Waals surface area contributed by atoms with Gasteiger partial charge in [-0.05, 0) is 109 Å². The van der Waals surface area contributed by atoms with Crippen LogP contribution in [0.15, 0.2) is 11.6 Å². The number of likely N-dealkylation sites (N-methyl/N-ethyl adjacent to an activating group) is 1. The molecule has 41 heavy (non-hydrogen) atoms. The lowest BCUT2D eigenvalue weighted by Gasteiger charge is -2.71. The Labute approximate surface area is 268 Å². The zero-order chi connectivity index (χ0) is 30.2.